The number of aliphatic carboxylic acids is 1. The van der Waals surface area contributed by atoms with Crippen molar-refractivity contribution in [3.63, 3.8) is 0 Å². The number of hydrogen-bond acceptors (Lipinski definition) is 7. The maximum absolute atomic E-state index is 11.8. The Morgan fingerprint density at radius 3 is 2.86 bits per heavy atom. The van der Waals surface area contributed by atoms with Crippen LogP contribution in [0.1, 0.15) is 10.6 Å². The summed E-state index contributed by atoms with van der Waals surface area (Å²) in [6, 6.07) is -0.626. The number of fused-ring (bicyclic) bond motifs is 1. The summed E-state index contributed by atoms with van der Waals surface area (Å²) in [6.45, 7) is 1.88. The molecule has 2 atom stereocenters. The Bertz CT molecular complexity index is 686. The smallest absolute Gasteiger partial charge is 0.543 e. The molecule has 1 fully saturated rings. The molecule has 2 aliphatic heterocycles. The number of carboxylic acid groups (broad SMARTS) is 1. The van der Waals surface area contributed by atoms with Gasteiger partial charge in [0.2, 0.25) is 5.91 Å². The van der Waals surface area contributed by atoms with E-state index < -0.39 is 12.0 Å². The van der Waals surface area contributed by atoms with Crippen molar-refractivity contribution in [3.05, 3.63) is 33.4 Å². The van der Waals surface area contributed by atoms with Crippen LogP contribution in [0.4, 0.5) is 0 Å². The molecule has 2 N–H and O–H groups in total. The largest absolute Gasteiger partial charge is 1.00 e. The zero-order valence-electron chi connectivity index (χ0n) is 12.1. The average molecular weight is 345 g/mol. The summed E-state index contributed by atoms with van der Waals surface area (Å²) in [5.41, 5.74) is 8.79. The second kappa shape index (κ2) is 6.86. The summed E-state index contributed by atoms with van der Waals surface area (Å²) in [7, 11) is 0. The quantitative estimate of drug-likeness (QED) is 0.455. The van der Waals surface area contributed by atoms with Crippen LogP contribution in [0.5, 0.6) is 0 Å². The first-order chi connectivity index (χ1) is 10.0. The maximum Gasteiger partial charge on any atom is 1.00 e. The molecule has 0 spiro atoms. The molecule has 3 rings (SSSR count). The molecule has 2 aliphatic rings. The molecule has 3 heterocycles. The van der Waals surface area contributed by atoms with Gasteiger partial charge in [-0.1, -0.05) is 6.08 Å². The molecule has 0 saturated carbocycles. The zero-order valence-corrected chi connectivity index (χ0v) is 15.7. The molecule has 0 aliphatic carbocycles. The molecule has 0 aromatic carbocycles. The van der Waals surface area contributed by atoms with Crippen LogP contribution in [0.25, 0.3) is 6.08 Å². The van der Waals surface area contributed by atoms with Crippen LogP contribution in [0, 0.1) is 6.92 Å². The molecule has 1 aromatic rings. The third kappa shape index (κ3) is 2.91. The van der Waals surface area contributed by atoms with Gasteiger partial charge >= 0.3 is 29.6 Å². The van der Waals surface area contributed by atoms with Crippen LogP contribution in [-0.2, 0) is 9.59 Å². The van der Waals surface area contributed by atoms with Gasteiger partial charge < -0.3 is 15.6 Å². The van der Waals surface area contributed by atoms with E-state index in [9.17, 15) is 14.7 Å². The van der Waals surface area contributed by atoms with Gasteiger partial charge in [-0.2, -0.15) is 0 Å². The van der Waals surface area contributed by atoms with Crippen LogP contribution in [0.15, 0.2) is 22.9 Å². The molecule has 22 heavy (non-hydrogen) atoms. The molecule has 1 saturated heterocycles. The number of aryl methyl sites for hydroxylation is 1. The minimum atomic E-state index is -1.35. The number of aromatic nitrogens is 1. The summed E-state index contributed by atoms with van der Waals surface area (Å²) >= 11 is 2.94. The third-order valence-corrected chi connectivity index (χ3v) is 5.67. The fourth-order valence-electron chi connectivity index (χ4n) is 2.30. The Morgan fingerprint density at radius 1 is 1.55 bits per heavy atom. The number of hydrogen-bond donors (Lipinski definition) is 1. The molecule has 1 aromatic heterocycles. The van der Waals surface area contributed by atoms with E-state index in [1.807, 2.05) is 13.0 Å². The minimum absolute atomic E-state index is 0. The Balaban J connectivity index is 0.00000176. The van der Waals surface area contributed by atoms with Crippen LogP contribution in [-0.4, -0.2) is 38.9 Å². The topological polar surface area (TPSA) is 99.3 Å². The molecule has 0 radical (unpaired) electrons. The number of thioether (sulfide) groups is 1. The first-order valence-corrected chi connectivity index (χ1v) is 8.16. The summed E-state index contributed by atoms with van der Waals surface area (Å²) < 4.78 is 0. The number of nitrogens with two attached hydrogens (primary N) is 1. The fraction of sp³-hybridized carbons (Fsp3) is 0.308. The van der Waals surface area contributed by atoms with Gasteiger partial charge in [-0.25, -0.2) is 4.98 Å². The van der Waals surface area contributed by atoms with E-state index in [1.54, 1.807) is 11.6 Å². The number of carboxylic acids is 1. The second-order valence-corrected chi connectivity index (χ2v) is 6.72. The van der Waals surface area contributed by atoms with Crippen molar-refractivity contribution in [1.29, 1.82) is 0 Å². The van der Waals surface area contributed by atoms with E-state index in [4.69, 9.17) is 5.73 Å². The number of rotatable bonds is 3. The van der Waals surface area contributed by atoms with Crippen LogP contribution < -0.4 is 40.4 Å². The van der Waals surface area contributed by atoms with Gasteiger partial charge in [-0.3, -0.25) is 9.69 Å². The van der Waals surface area contributed by atoms with Crippen LogP contribution in [0.3, 0.4) is 0 Å². The van der Waals surface area contributed by atoms with E-state index >= 15 is 0 Å². The van der Waals surface area contributed by atoms with Crippen molar-refractivity contribution in [2.45, 2.75) is 18.3 Å². The number of amides is 1. The molecule has 1 amide bonds. The van der Waals surface area contributed by atoms with E-state index in [2.05, 4.69) is 4.98 Å². The minimum Gasteiger partial charge on any atom is -0.543 e. The summed E-state index contributed by atoms with van der Waals surface area (Å²) in [5, 5.41) is 11.1. The molecular formula is C13H12N3NaO3S2. The normalized spacial score (nSPS) is 24.1. The Morgan fingerprint density at radius 2 is 2.27 bits per heavy atom. The van der Waals surface area contributed by atoms with Crippen LogP contribution in [0.2, 0.25) is 0 Å². The van der Waals surface area contributed by atoms with Gasteiger partial charge in [0.15, 0.2) is 0 Å². The van der Waals surface area contributed by atoms with Gasteiger partial charge in [-0.05, 0) is 18.6 Å². The van der Waals surface area contributed by atoms with E-state index in [0.29, 0.717) is 11.3 Å². The summed E-state index contributed by atoms with van der Waals surface area (Å²) in [6.07, 6.45) is 3.53. The van der Waals surface area contributed by atoms with E-state index in [0.717, 1.165) is 10.6 Å². The number of β-lactam (4-membered cyclic amide) rings is 1. The number of thiazole rings is 1. The molecule has 6 nitrogen and oxygen atoms in total. The first kappa shape index (κ1) is 17.7. The number of carbonyl (C=O) groups excluding carboxylic acids is 2. The maximum atomic E-state index is 11.8. The second-order valence-electron chi connectivity index (χ2n) is 4.73. The Labute approximate surface area is 157 Å². The summed E-state index contributed by atoms with van der Waals surface area (Å²) in [5.74, 6) is -1.23. The monoisotopic (exact) mass is 345 g/mol. The van der Waals surface area contributed by atoms with Gasteiger partial charge in [0.25, 0.3) is 0 Å². The van der Waals surface area contributed by atoms with Crippen molar-refractivity contribution in [1.82, 2.24) is 9.88 Å². The SMILES string of the molecule is Cc1ncsc1/C=C\C1=C(C(=O)[O-])N2C(=O)[C@@H](N)[C@H]2SC1.[Na+]. The Hall–Kier alpha value is -0.640. The third-order valence-electron chi connectivity index (χ3n) is 3.45. The van der Waals surface area contributed by atoms with Gasteiger partial charge in [0, 0.05) is 10.6 Å². The van der Waals surface area contributed by atoms with Crippen molar-refractivity contribution in [2.75, 3.05) is 5.75 Å². The molecule has 0 unspecified atom stereocenters. The van der Waals surface area contributed by atoms with Gasteiger partial charge in [0.1, 0.15) is 11.4 Å². The van der Waals surface area contributed by atoms with Gasteiger partial charge in [0.05, 0.1) is 22.9 Å². The standard InChI is InChI=1S/C13H13N3O3S2.Na/c1-6-8(21-5-15-6)3-2-7-4-20-12-9(14)11(17)16(12)10(7)13(18)19;/h2-3,5,9,12H,4,14H2,1H3,(H,18,19);/q;+1/p-1/b3-2-;/t9-,12-;/m1./s1. The Kier molecular flexibility index (Phi) is 5.52. The van der Waals surface area contributed by atoms with Crippen molar-refractivity contribution >= 4 is 41.1 Å². The van der Waals surface area contributed by atoms with E-state index in [-0.39, 0.29) is 46.5 Å². The molecule has 110 valence electrons. The predicted octanol–water partition coefficient (Wildman–Crippen LogP) is -3.28. The number of carbonyl (C=O) groups is 2. The molecule has 9 heteroatoms. The van der Waals surface area contributed by atoms with Crippen LogP contribution >= 0.6 is 23.1 Å². The van der Waals surface area contributed by atoms with Gasteiger partial charge in [-0.15, -0.1) is 23.1 Å². The summed E-state index contributed by atoms with van der Waals surface area (Å²) in [4.78, 5) is 29.5. The molecular weight excluding hydrogens is 333 g/mol. The number of allylic oxidation sites excluding steroid dienone is 1. The molecule has 0 bridgehead atoms. The first-order valence-electron chi connectivity index (χ1n) is 6.23. The van der Waals surface area contributed by atoms with Crippen molar-refractivity contribution in [2.24, 2.45) is 5.73 Å². The predicted molar refractivity (Wildman–Crippen MR) is 79.0 cm³/mol. The van der Waals surface area contributed by atoms with Crippen molar-refractivity contribution < 1.29 is 44.3 Å². The zero-order chi connectivity index (χ0) is 15.1. The van der Waals surface area contributed by atoms with Crippen molar-refractivity contribution in [3.8, 4) is 0 Å². The fourth-order valence-corrected chi connectivity index (χ4v) is 4.26. The van der Waals surface area contributed by atoms with E-state index in [1.165, 1.54) is 28.0 Å². The average Bonchev–Trinajstić information content (AvgIpc) is 2.88. The number of nitrogens with zero attached hydrogens (tertiary/aromatic N) is 2.